The van der Waals surface area contributed by atoms with E-state index in [1.807, 2.05) is 60.7 Å². The molecule has 0 bridgehead atoms. The van der Waals surface area contributed by atoms with Gasteiger partial charge in [-0.3, -0.25) is 9.11 Å². The second kappa shape index (κ2) is 9.99. The molecule has 2 N–H and O–H groups in total. The van der Waals surface area contributed by atoms with Gasteiger partial charge in [0.1, 0.15) is 0 Å². The average molecular weight is 523 g/mol. The van der Waals surface area contributed by atoms with Crippen LogP contribution in [0, 0.1) is 5.41 Å². The van der Waals surface area contributed by atoms with Crippen molar-refractivity contribution < 1.29 is 25.9 Å². The Hall–Kier alpha value is -3.30. The zero-order chi connectivity index (χ0) is 25.9. The summed E-state index contributed by atoms with van der Waals surface area (Å²) in [6.07, 6.45) is 8.09. The van der Waals surface area contributed by atoms with Crippen LogP contribution in [0.3, 0.4) is 0 Å². The molecule has 0 atom stereocenters. The van der Waals surface area contributed by atoms with Gasteiger partial charge in [0.2, 0.25) is 4.08 Å². The molecule has 0 saturated carbocycles. The summed E-state index contributed by atoms with van der Waals surface area (Å²) in [7, 11) is -10.7. The van der Waals surface area contributed by atoms with Gasteiger partial charge in [0, 0.05) is 11.8 Å². The zero-order valence-electron chi connectivity index (χ0n) is 19.3. The van der Waals surface area contributed by atoms with Crippen LogP contribution in [0.5, 0.6) is 0 Å². The van der Waals surface area contributed by atoms with E-state index in [1.54, 1.807) is 54.6 Å². The van der Waals surface area contributed by atoms with E-state index in [9.17, 15) is 25.9 Å². The lowest BCUT2D eigenvalue weighted by Gasteiger charge is -2.42. The van der Waals surface area contributed by atoms with Gasteiger partial charge in [-0.1, -0.05) is 121 Å². The van der Waals surface area contributed by atoms with E-state index >= 15 is 0 Å². The maximum absolute atomic E-state index is 12.9. The average Bonchev–Trinajstić information content (AvgIpc) is 2.87. The van der Waals surface area contributed by atoms with Crippen molar-refractivity contribution in [1.29, 1.82) is 0 Å². The Bertz CT molecular complexity index is 1430. The van der Waals surface area contributed by atoms with Crippen molar-refractivity contribution in [2.45, 2.75) is 16.9 Å². The fraction of sp³-hybridized carbons (Fsp3) is 0.143. The zero-order valence-corrected chi connectivity index (χ0v) is 20.9. The van der Waals surface area contributed by atoms with E-state index in [2.05, 4.69) is 0 Å². The maximum atomic E-state index is 12.9. The third-order valence-corrected chi connectivity index (χ3v) is 10.1. The summed E-state index contributed by atoms with van der Waals surface area (Å²) in [4.78, 5) is 0. The smallest absolute Gasteiger partial charge is 0.284 e. The molecule has 3 aromatic rings. The van der Waals surface area contributed by atoms with Crippen molar-refractivity contribution in [3.8, 4) is 0 Å². The summed E-state index contributed by atoms with van der Waals surface area (Å²) in [6.45, 7) is 0. The molecule has 0 spiro atoms. The first-order valence-electron chi connectivity index (χ1n) is 11.3. The van der Waals surface area contributed by atoms with Gasteiger partial charge in [-0.05, 0) is 28.7 Å². The van der Waals surface area contributed by atoms with E-state index < -0.39 is 36.2 Å². The summed E-state index contributed by atoms with van der Waals surface area (Å²) < 4.78 is 69.4. The van der Waals surface area contributed by atoms with Gasteiger partial charge in [0.05, 0.1) is 0 Å². The Kier molecular flexibility index (Phi) is 7.15. The van der Waals surface area contributed by atoms with Gasteiger partial charge in [-0.15, -0.1) is 0 Å². The lowest BCUT2D eigenvalue weighted by molar-refractivity contribution is 0.378. The molecule has 6 nitrogen and oxygen atoms in total. The van der Waals surface area contributed by atoms with Gasteiger partial charge in [0.25, 0.3) is 20.2 Å². The van der Waals surface area contributed by atoms with Crippen LogP contribution in [-0.4, -0.2) is 30.0 Å². The maximum Gasteiger partial charge on any atom is 0.292 e. The van der Waals surface area contributed by atoms with Gasteiger partial charge in [-0.25, -0.2) is 0 Å². The van der Waals surface area contributed by atoms with Crippen LogP contribution in [0.1, 0.15) is 29.5 Å². The number of benzene rings is 3. The topological polar surface area (TPSA) is 109 Å². The molecule has 4 rings (SSSR count). The van der Waals surface area contributed by atoms with Crippen LogP contribution in [0.4, 0.5) is 0 Å². The summed E-state index contributed by atoms with van der Waals surface area (Å²) in [5.41, 5.74) is 0.583. The Morgan fingerprint density at radius 2 is 1.06 bits per heavy atom. The highest BCUT2D eigenvalue weighted by Gasteiger charge is 2.62. The molecule has 0 radical (unpaired) electrons. The Morgan fingerprint density at radius 1 is 0.639 bits per heavy atom. The summed E-state index contributed by atoms with van der Waals surface area (Å²) in [5.74, 6) is 0. The number of allylic oxidation sites excluding steroid dienone is 3. The fourth-order valence-electron chi connectivity index (χ4n) is 4.56. The predicted octanol–water partition coefficient (Wildman–Crippen LogP) is 5.75. The van der Waals surface area contributed by atoms with E-state index in [1.165, 1.54) is 6.08 Å². The number of rotatable bonds is 7. The van der Waals surface area contributed by atoms with Crippen molar-refractivity contribution in [2.24, 2.45) is 5.41 Å². The van der Waals surface area contributed by atoms with Gasteiger partial charge in [0.15, 0.2) is 0 Å². The minimum absolute atomic E-state index is 0.176. The second-order valence-corrected chi connectivity index (χ2v) is 12.3. The second-order valence-electron chi connectivity index (χ2n) is 8.79. The van der Waals surface area contributed by atoms with Gasteiger partial charge < -0.3 is 0 Å². The molecule has 0 saturated heterocycles. The lowest BCUT2D eigenvalue weighted by atomic mass is 9.72. The Labute approximate surface area is 211 Å². The van der Waals surface area contributed by atoms with E-state index in [0.29, 0.717) is 0 Å². The van der Waals surface area contributed by atoms with E-state index in [0.717, 1.165) is 11.1 Å². The molecule has 36 heavy (non-hydrogen) atoms. The number of hydrogen-bond acceptors (Lipinski definition) is 4. The highest BCUT2D eigenvalue weighted by Crippen LogP contribution is 2.53. The first kappa shape index (κ1) is 25.8. The predicted molar refractivity (Wildman–Crippen MR) is 143 cm³/mol. The van der Waals surface area contributed by atoms with Crippen LogP contribution >= 0.6 is 0 Å². The highest BCUT2D eigenvalue weighted by molar-refractivity contribution is 8.06. The van der Waals surface area contributed by atoms with Crippen LogP contribution in [0.15, 0.2) is 109 Å². The molecule has 0 unspecified atom stereocenters. The molecule has 3 aromatic carbocycles. The first-order chi connectivity index (χ1) is 17.1. The molecule has 0 fully saturated rings. The third kappa shape index (κ3) is 5.12. The number of hydrogen-bond donors (Lipinski definition) is 2. The minimum Gasteiger partial charge on any atom is -0.284 e. The summed E-state index contributed by atoms with van der Waals surface area (Å²) in [6, 6.07) is 26.6. The molecule has 186 valence electrons. The van der Waals surface area contributed by atoms with Crippen molar-refractivity contribution in [1.82, 2.24) is 0 Å². The van der Waals surface area contributed by atoms with Gasteiger partial charge >= 0.3 is 0 Å². The van der Waals surface area contributed by atoms with Crippen LogP contribution in [0.2, 0.25) is 0 Å². The van der Waals surface area contributed by atoms with Crippen molar-refractivity contribution >= 4 is 38.0 Å². The largest absolute Gasteiger partial charge is 0.292 e. The molecular formula is C28H26O6S2. The lowest BCUT2D eigenvalue weighted by Crippen LogP contribution is -2.51. The third-order valence-electron chi connectivity index (χ3n) is 6.39. The van der Waals surface area contributed by atoms with Crippen molar-refractivity contribution in [3.63, 3.8) is 0 Å². The standard InChI is InChI=1S/C28H26O6S2/c29-35(30,31)28(36(32,33)34)22-27(19-16-23-10-4-1-5-11-23,20-17-24-12-6-2-7-13-24)21-18-26(28)25-14-8-3-9-15-25/h1-20H,21-22H2,(H,29,30,31)(H,32,33,34). The quantitative estimate of drug-likeness (QED) is 0.383. The fourth-order valence-corrected chi connectivity index (χ4v) is 7.48. The molecule has 8 heteroatoms. The molecule has 0 aliphatic heterocycles. The normalized spacial score (nSPS) is 20.4. The minimum atomic E-state index is -5.35. The van der Waals surface area contributed by atoms with Crippen LogP contribution in [0.25, 0.3) is 17.7 Å². The van der Waals surface area contributed by atoms with E-state index in [4.69, 9.17) is 0 Å². The van der Waals surface area contributed by atoms with Crippen molar-refractivity contribution in [3.05, 3.63) is 126 Å². The highest BCUT2D eigenvalue weighted by atomic mass is 32.3. The monoisotopic (exact) mass is 522 g/mol. The van der Waals surface area contributed by atoms with Gasteiger partial charge in [-0.2, -0.15) is 16.8 Å². The van der Waals surface area contributed by atoms with Crippen molar-refractivity contribution in [2.75, 3.05) is 0 Å². The molecular weight excluding hydrogens is 496 g/mol. The summed E-state index contributed by atoms with van der Waals surface area (Å²) in [5, 5.41) is 0. The molecule has 1 aliphatic rings. The molecule has 1 aliphatic carbocycles. The first-order valence-corrected chi connectivity index (χ1v) is 14.1. The molecule has 0 amide bonds. The SMILES string of the molecule is O=S(=O)(O)C1(S(=O)(=O)O)CC(C=Cc2ccccc2)(C=Cc2ccccc2)CC=C1c1ccccc1. The molecule has 0 aromatic heterocycles. The Balaban J connectivity index is 1.96. The van der Waals surface area contributed by atoms with Crippen LogP contribution < -0.4 is 0 Å². The molecule has 0 heterocycles. The van der Waals surface area contributed by atoms with Crippen LogP contribution in [-0.2, 0) is 20.2 Å². The summed E-state index contributed by atoms with van der Waals surface area (Å²) >= 11 is 0. The Morgan fingerprint density at radius 3 is 1.47 bits per heavy atom. The van der Waals surface area contributed by atoms with E-state index in [-0.39, 0.29) is 17.6 Å².